The molecule has 0 amide bonds. The Bertz CT molecular complexity index is 561. The van der Waals surface area contributed by atoms with Crippen molar-refractivity contribution in [1.29, 1.82) is 0 Å². The first-order valence-electron chi connectivity index (χ1n) is 5.98. The van der Waals surface area contributed by atoms with Gasteiger partial charge in [0, 0.05) is 9.35 Å². The lowest BCUT2D eigenvalue weighted by atomic mass is 9.98. The predicted molar refractivity (Wildman–Crippen MR) is 89.4 cm³/mol. The van der Waals surface area contributed by atoms with Gasteiger partial charge < -0.3 is 0 Å². The van der Waals surface area contributed by atoms with E-state index in [1.165, 1.54) is 21.6 Å². The highest BCUT2D eigenvalue weighted by atomic mass is 79.9. The van der Waals surface area contributed by atoms with E-state index in [4.69, 9.17) is 5.84 Å². The van der Waals surface area contributed by atoms with Crippen LogP contribution in [0.4, 0.5) is 0 Å². The number of benzene rings is 1. The summed E-state index contributed by atoms with van der Waals surface area (Å²) in [5, 5.41) is 0. The van der Waals surface area contributed by atoms with Crippen LogP contribution < -0.4 is 11.3 Å². The molecule has 1 atom stereocenters. The number of hydrogen-bond donors (Lipinski definition) is 2. The largest absolute Gasteiger partial charge is 0.271 e. The van der Waals surface area contributed by atoms with E-state index in [-0.39, 0.29) is 6.04 Å². The molecule has 1 unspecified atom stereocenters. The molecule has 102 valence electrons. The molecule has 5 heteroatoms. The number of aryl methyl sites for hydroxylation is 2. The highest BCUT2D eigenvalue weighted by Crippen LogP contribution is 2.36. The van der Waals surface area contributed by atoms with E-state index in [9.17, 15) is 0 Å². The molecule has 1 aromatic heterocycles. The number of hydrogen-bond acceptors (Lipinski definition) is 3. The molecule has 0 saturated heterocycles. The van der Waals surface area contributed by atoms with Gasteiger partial charge in [-0.15, -0.1) is 11.3 Å². The summed E-state index contributed by atoms with van der Waals surface area (Å²) in [4.78, 5) is 1.22. The van der Waals surface area contributed by atoms with E-state index in [0.29, 0.717) is 0 Å². The average Bonchev–Trinajstić information content (AvgIpc) is 2.70. The van der Waals surface area contributed by atoms with Gasteiger partial charge in [0.1, 0.15) is 0 Å². The van der Waals surface area contributed by atoms with Crippen molar-refractivity contribution in [2.24, 2.45) is 5.84 Å². The lowest BCUT2D eigenvalue weighted by Crippen LogP contribution is -2.29. The van der Waals surface area contributed by atoms with Crippen molar-refractivity contribution in [2.75, 3.05) is 0 Å². The van der Waals surface area contributed by atoms with Gasteiger partial charge in [-0.1, -0.05) is 23.8 Å². The van der Waals surface area contributed by atoms with Gasteiger partial charge in [-0.25, -0.2) is 0 Å². The minimum Gasteiger partial charge on any atom is -0.271 e. The Morgan fingerprint density at radius 3 is 2.58 bits per heavy atom. The molecule has 0 radical (unpaired) electrons. The van der Waals surface area contributed by atoms with Crippen molar-refractivity contribution < 1.29 is 0 Å². The van der Waals surface area contributed by atoms with Crippen molar-refractivity contribution in [2.45, 2.75) is 26.3 Å². The van der Waals surface area contributed by atoms with Gasteiger partial charge >= 0.3 is 0 Å². The van der Waals surface area contributed by atoms with Gasteiger partial charge in [-0.3, -0.25) is 11.3 Å². The second-order valence-electron chi connectivity index (χ2n) is 4.62. The van der Waals surface area contributed by atoms with Gasteiger partial charge in [0.2, 0.25) is 0 Å². The van der Waals surface area contributed by atoms with Crippen molar-refractivity contribution in [3.05, 3.63) is 54.1 Å². The summed E-state index contributed by atoms with van der Waals surface area (Å²) in [5.74, 6) is 5.73. The highest BCUT2D eigenvalue weighted by Gasteiger charge is 2.16. The molecule has 1 heterocycles. The SMILES string of the molecule is Cc1ccc(C)c(CC(NN)c2cc(Br)c(Br)s2)c1. The fraction of sp³-hybridized carbons (Fsp3) is 0.286. The van der Waals surface area contributed by atoms with Crippen LogP contribution in [0.2, 0.25) is 0 Å². The summed E-state index contributed by atoms with van der Waals surface area (Å²) in [5.41, 5.74) is 6.85. The zero-order chi connectivity index (χ0) is 14.0. The van der Waals surface area contributed by atoms with Gasteiger partial charge in [-0.05, 0) is 69.3 Å². The second kappa shape index (κ2) is 6.50. The number of thiophene rings is 1. The van der Waals surface area contributed by atoms with Crippen LogP contribution in [0.15, 0.2) is 32.5 Å². The molecule has 0 saturated carbocycles. The van der Waals surface area contributed by atoms with E-state index in [1.54, 1.807) is 11.3 Å². The van der Waals surface area contributed by atoms with Crippen LogP contribution in [0.3, 0.4) is 0 Å². The van der Waals surface area contributed by atoms with Crippen LogP contribution in [0.25, 0.3) is 0 Å². The number of hydrazine groups is 1. The van der Waals surface area contributed by atoms with E-state index < -0.39 is 0 Å². The first kappa shape index (κ1) is 15.2. The molecular weight excluding hydrogens is 388 g/mol. The standard InChI is InChI=1S/C14H16Br2N2S/c1-8-3-4-9(2)10(5-8)6-12(18-17)13-7-11(15)14(16)19-13/h3-5,7,12,18H,6,17H2,1-2H3. The molecular formula is C14H16Br2N2S. The Morgan fingerprint density at radius 2 is 2.00 bits per heavy atom. The Morgan fingerprint density at radius 1 is 1.26 bits per heavy atom. The first-order chi connectivity index (χ1) is 9.01. The lowest BCUT2D eigenvalue weighted by molar-refractivity contribution is 0.559. The molecule has 0 spiro atoms. The number of nitrogens with two attached hydrogens (primary N) is 1. The second-order valence-corrected chi connectivity index (χ2v) is 7.88. The zero-order valence-corrected chi connectivity index (χ0v) is 14.8. The van der Waals surface area contributed by atoms with Crippen LogP contribution in [0, 0.1) is 13.8 Å². The Hall–Kier alpha value is -0.200. The molecule has 0 fully saturated rings. The van der Waals surface area contributed by atoms with Crippen LogP contribution in [-0.2, 0) is 6.42 Å². The Labute approximate surface area is 134 Å². The van der Waals surface area contributed by atoms with E-state index in [0.717, 1.165) is 14.7 Å². The summed E-state index contributed by atoms with van der Waals surface area (Å²) in [6, 6.07) is 8.79. The van der Waals surface area contributed by atoms with Gasteiger partial charge in [-0.2, -0.15) is 0 Å². The Kier molecular flexibility index (Phi) is 5.20. The summed E-state index contributed by atoms with van der Waals surface area (Å²) in [6.07, 6.45) is 0.892. The van der Waals surface area contributed by atoms with Gasteiger partial charge in [0.05, 0.1) is 9.83 Å². The van der Waals surface area contributed by atoms with Crippen molar-refractivity contribution in [1.82, 2.24) is 5.43 Å². The summed E-state index contributed by atoms with van der Waals surface area (Å²) < 4.78 is 2.18. The topological polar surface area (TPSA) is 38.0 Å². The quantitative estimate of drug-likeness (QED) is 0.576. The van der Waals surface area contributed by atoms with Crippen molar-refractivity contribution in [3.63, 3.8) is 0 Å². The maximum atomic E-state index is 5.73. The molecule has 1 aromatic carbocycles. The number of rotatable bonds is 4. The third-order valence-corrected chi connectivity index (χ3v) is 6.51. The zero-order valence-electron chi connectivity index (χ0n) is 10.8. The first-order valence-corrected chi connectivity index (χ1v) is 8.38. The van der Waals surface area contributed by atoms with Crippen LogP contribution in [-0.4, -0.2) is 0 Å². The van der Waals surface area contributed by atoms with E-state index >= 15 is 0 Å². The molecule has 2 aromatic rings. The predicted octanol–water partition coefficient (Wildman–Crippen LogP) is 4.64. The normalized spacial score (nSPS) is 12.7. The van der Waals surface area contributed by atoms with E-state index in [1.807, 2.05) is 0 Å². The fourth-order valence-corrected chi connectivity index (χ4v) is 4.17. The van der Waals surface area contributed by atoms with Crippen molar-refractivity contribution in [3.8, 4) is 0 Å². The van der Waals surface area contributed by atoms with Crippen LogP contribution in [0.5, 0.6) is 0 Å². The van der Waals surface area contributed by atoms with E-state index in [2.05, 4.69) is 75.4 Å². The summed E-state index contributed by atoms with van der Waals surface area (Å²) in [7, 11) is 0. The number of halogens is 2. The highest BCUT2D eigenvalue weighted by molar-refractivity contribution is 9.13. The monoisotopic (exact) mass is 402 g/mol. The molecule has 19 heavy (non-hydrogen) atoms. The molecule has 0 bridgehead atoms. The average molecular weight is 404 g/mol. The summed E-state index contributed by atoms with van der Waals surface area (Å²) in [6.45, 7) is 4.26. The third kappa shape index (κ3) is 3.67. The molecule has 3 N–H and O–H groups in total. The lowest BCUT2D eigenvalue weighted by Gasteiger charge is -2.16. The van der Waals surface area contributed by atoms with Gasteiger partial charge in [0.25, 0.3) is 0 Å². The molecule has 0 aliphatic rings. The summed E-state index contributed by atoms with van der Waals surface area (Å²) >= 11 is 8.75. The van der Waals surface area contributed by atoms with Crippen molar-refractivity contribution >= 4 is 43.2 Å². The molecule has 2 nitrogen and oxygen atoms in total. The maximum absolute atomic E-state index is 5.73. The smallest absolute Gasteiger partial charge is 0.0843 e. The van der Waals surface area contributed by atoms with Gasteiger partial charge in [0.15, 0.2) is 0 Å². The minimum atomic E-state index is 0.132. The fourth-order valence-electron chi connectivity index (χ4n) is 2.02. The third-order valence-electron chi connectivity index (χ3n) is 3.14. The minimum absolute atomic E-state index is 0.132. The Balaban J connectivity index is 2.26. The molecule has 0 aliphatic heterocycles. The molecule has 2 rings (SSSR count). The van der Waals surface area contributed by atoms with Crippen LogP contribution >= 0.6 is 43.2 Å². The number of nitrogens with one attached hydrogen (secondary N) is 1. The van der Waals surface area contributed by atoms with Crippen LogP contribution in [0.1, 0.15) is 27.6 Å². The molecule has 0 aliphatic carbocycles. The maximum Gasteiger partial charge on any atom is 0.0843 e.